The second kappa shape index (κ2) is 5.65. The van der Waals surface area contributed by atoms with Crippen LogP contribution in [0.4, 0.5) is 4.39 Å². The van der Waals surface area contributed by atoms with Gasteiger partial charge in [0.1, 0.15) is 6.17 Å². The van der Waals surface area contributed by atoms with Crippen molar-refractivity contribution < 1.29 is 8.91 Å². The Kier molecular flexibility index (Phi) is 3.58. The Balaban J connectivity index is 1.70. The molecule has 0 N–H and O–H groups in total. The highest BCUT2D eigenvalue weighted by molar-refractivity contribution is 5.90. The highest BCUT2D eigenvalue weighted by atomic mass is 19.1. The summed E-state index contributed by atoms with van der Waals surface area (Å²) >= 11 is 0. The van der Waals surface area contributed by atoms with Crippen molar-refractivity contribution in [2.24, 2.45) is 5.92 Å². The molecule has 3 aromatic heterocycles. The van der Waals surface area contributed by atoms with Gasteiger partial charge in [0, 0.05) is 18.2 Å². The van der Waals surface area contributed by atoms with Crippen LogP contribution in [0.5, 0.6) is 0 Å². The Labute approximate surface area is 139 Å². The summed E-state index contributed by atoms with van der Waals surface area (Å²) in [7, 11) is 0. The van der Waals surface area contributed by atoms with Crippen LogP contribution in [0.2, 0.25) is 0 Å². The molecule has 24 heavy (non-hydrogen) atoms. The average molecular weight is 329 g/mol. The Morgan fingerprint density at radius 1 is 1.33 bits per heavy atom. The maximum absolute atomic E-state index is 12.9. The fraction of sp³-hybridized carbons (Fsp3) is 0.529. The van der Waals surface area contributed by atoms with Crippen LogP contribution in [0.25, 0.3) is 22.5 Å². The summed E-state index contributed by atoms with van der Waals surface area (Å²) in [6.07, 6.45) is 3.00. The van der Waals surface area contributed by atoms with Gasteiger partial charge in [-0.2, -0.15) is 10.1 Å². The summed E-state index contributed by atoms with van der Waals surface area (Å²) in [6.45, 7) is 6.07. The third kappa shape index (κ3) is 2.57. The van der Waals surface area contributed by atoms with Crippen molar-refractivity contribution in [1.29, 1.82) is 0 Å². The molecule has 3 heterocycles. The molecule has 0 spiro atoms. The van der Waals surface area contributed by atoms with Gasteiger partial charge < -0.3 is 4.52 Å². The van der Waals surface area contributed by atoms with Crippen LogP contribution in [0.1, 0.15) is 44.2 Å². The van der Waals surface area contributed by atoms with E-state index in [2.05, 4.69) is 34.1 Å². The lowest BCUT2D eigenvalue weighted by molar-refractivity contribution is 0.129. The molecule has 0 saturated heterocycles. The number of hydrogen-bond acceptors (Lipinski definition) is 5. The SMILES string of the molecule is Cc1cc(-c2nc(CC3CC(F)C3)no2)c2cnn(C(C)C)c2n1. The minimum Gasteiger partial charge on any atom is -0.334 e. The molecule has 4 rings (SSSR count). The third-order valence-corrected chi connectivity index (χ3v) is 4.53. The minimum atomic E-state index is -0.661. The maximum atomic E-state index is 12.9. The van der Waals surface area contributed by atoms with E-state index in [1.807, 2.05) is 17.7 Å². The zero-order valence-corrected chi connectivity index (χ0v) is 14.0. The van der Waals surface area contributed by atoms with Gasteiger partial charge in [-0.3, -0.25) is 0 Å². The first-order valence-electron chi connectivity index (χ1n) is 8.33. The monoisotopic (exact) mass is 329 g/mol. The number of rotatable bonds is 4. The molecule has 0 bridgehead atoms. The number of aryl methyl sites for hydroxylation is 1. The van der Waals surface area contributed by atoms with Crippen molar-refractivity contribution in [1.82, 2.24) is 24.9 Å². The molecule has 0 aliphatic heterocycles. The number of nitrogens with zero attached hydrogens (tertiary/aromatic N) is 5. The van der Waals surface area contributed by atoms with Crippen molar-refractivity contribution in [2.75, 3.05) is 0 Å². The molecule has 1 aliphatic carbocycles. The molecule has 126 valence electrons. The number of aromatic nitrogens is 5. The molecule has 0 unspecified atom stereocenters. The lowest BCUT2D eigenvalue weighted by atomic mass is 9.81. The van der Waals surface area contributed by atoms with Gasteiger partial charge in [0.15, 0.2) is 11.5 Å². The van der Waals surface area contributed by atoms with Gasteiger partial charge >= 0.3 is 0 Å². The summed E-state index contributed by atoms with van der Waals surface area (Å²) in [6, 6.07) is 2.16. The van der Waals surface area contributed by atoms with Crippen LogP contribution in [0.3, 0.4) is 0 Å². The number of fused-ring (bicyclic) bond motifs is 1. The molecule has 6 nitrogen and oxygen atoms in total. The second-order valence-electron chi connectivity index (χ2n) is 6.89. The molecule has 0 radical (unpaired) electrons. The van der Waals surface area contributed by atoms with E-state index < -0.39 is 6.17 Å². The highest BCUT2D eigenvalue weighted by Crippen LogP contribution is 2.33. The second-order valence-corrected chi connectivity index (χ2v) is 6.89. The molecule has 0 atom stereocenters. The zero-order chi connectivity index (χ0) is 16.8. The van der Waals surface area contributed by atoms with Crippen molar-refractivity contribution >= 4 is 11.0 Å². The van der Waals surface area contributed by atoms with Crippen LogP contribution >= 0.6 is 0 Å². The summed E-state index contributed by atoms with van der Waals surface area (Å²) in [5.74, 6) is 1.44. The first-order chi connectivity index (χ1) is 11.5. The van der Waals surface area contributed by atoms with Crippen molar-refractivity contribution in [3.8, 4) is 11.5 Å². The molecule has 3 aromatic rings. The Morgan fingerprint density at radius 3 is 2.83 bits per heavy atom. The van der Waals surface area contributed by atoms with E-state index in [-0.39, 0.29) is 6.04 Å². The number of pyridine rings is 1. The van der Waals surface area contributed by atoms with Gasteiger partial charge in [0.05, 0.1) is 17.1 Å². The molecule has 7 heteroatoms. The molecular weight excluding hydrogens is 309 g/mol. The third-order valence-electron chi connectivity index (χ3n) is 4.53. The van der Waals surface area contributed by atoms with E-state index >= 15 is 0 Å². The van der Waals surface area contributed by atoms with Crippen LogP contribution in [0, 0.1) is 12.8 Å². The van der Waals surface area contributed by atoms with E-state index in [0.717, 1.165) is 22.3 Å². The standard InChI is InChI=1S/C17H20FN5O/c1-9(2)23-16-14(8-19-23)13(4-10(3)20-16)17-21-15(22-24-17)7-11-5-12(18)6-11/h4,8-9,11-12H,5-7H2,1-3H3. The van der Waals surface area contributed by atoms with Crippen molar-refractivity contribution in [2.45, 2.75) is 52.2 Å². The predicted octanol–water partition coefficient (Wildman–Crippen LogP) is 3.66. The van der Waals surface area contributed by atoms with Gasteiger partial charge in [-0.25, -0.2) is 14.1 Å². The fourth-order valence-electron chi connectivity index (χ4n) is 3.22. The van der Waals surface area contributed by atoms with E-state index in [0.29, 0.717) is 36.9 Å². The molecule has 0 amide bonds. The Morgan fingerprint density at radius 2 is 2.12 bits per heavy atom. The normalized spacial score (nSPS) is 20.7. The van der Waals surface area contributed by atoms with Gasteiger partial charge in [0.25, 0.3) is 5.89 Å². The molecule has 1 saturated carbocycles. The van der Waals surface area contributed by atoms with Crippen LogP contribution in [-0.4, -0.2) is 31.1 Å². The molecule has 0 aromatic carbocycles. The summed E-state index contributed by atoms with van der Waals surface area (Å²) in [4.78, 5) is 9.11. The smallest absolute Gasteiger partial charge is 0.258 e. The first-order valence-corrected chi connectivity index (χ1v) is 8.33. The van der Waals surface area contributed by atoms with E-state index in [1.54, 1.807) is 6.20 Å². The number of hydrogen-bond donors (Lipinski definition) is 0. The van der Waals surface area contributed by atoms with Gasteiger partial charge in [0.2, 0.25) is 0 Å². The van der Waals surface area contributed by atoms with Crippen LogP contribution in [-0.2, 0) is 6.42 Å². The largest absolute Gasteiger partial charge is 0.334 e. The van der Waals surface area contributed by atoms with Gasteiger partial charge in [-0.05, 0) is 45.6 Å². The Bertz CT molecular complexity index is 878. The first kappa shape index (κ1) is 15.2. The van der Waals surface area contributed by atoms with E-state index in [4.69, 9.17) is 4.52 Å². The fourth-order valence-corrected chi connectivity index (χ4v) is 3.22. The minimum absolute atomic E-state index is 0.218. The zero-order valence-electron chi connectivity index (χ0n) is 14.0. The predicted molar refractivity (Wildman–Crippen MR) is 87.3 cm³/mol. The Hall–Kier alpha value is -2.31. The summed E-state index contributed by atoms with van der Waals surface area (Å²) in [5.41, 5.74) is 2.54. The maximum Gasteiger partial charge on any atom is 0.258 e. The van der Waals surface area contributed by atoms with E-state index in [9.17, 15) is 4.39 Å². The molecule has 1 aliphatic rings. The lowest BCUT2D eigenvalue weighted by Crippen LogP contribution is -2.26. The van der Waals surface area contributed by atoms with Crippen molar-refractivity contribution in [3.63, 3.8) is 0 Å². The number of alkyl halides is 1. The summed E-state index contributed by atoms with van der Waals surface area (Å²) < 4.78 is 20.3. The lowest BCUT2D eigenvalue weighted by Gasteiger charge is -2.28. The molecule has 1 fully saturated rings. The van der Waals surface area contributed by atoms with E-state index in [1.165, 1.54) is 0 Å². The highest BCUT2D eigenvalue weighted by Gasteiger charge is 2.30. The summed E-state index contributed by atoms with van der Waals surface area (Å²) in [5, 5.41) is 9.39. The van der Waals surface area contributed by atoms with Crippen LogP contribution < -0.4 is 0 Å². The number of halogens is 1. The topological polar surface area (TPSA) is 69.6 Å². The van der Waals surface area contributed by atoms with Crippen molar-refractivity contribution in [3.05, 3.63) is 23.8 Å². The quantitative estimate of drug-likeness (QED) is 0.730. The van der Waals surface area contributed by atoms with Gasteiger partial charge in [-0.1, -0.05) is 5.16 Å². The molecular formula is C17H20FN5O. The van der Waals surface area contributed by atoms with Gasteiger partial charge in [-0.15, -0.1) is 0 Å². The average Bonchev–Trinajstić information content (AvgIpc) is 3.11. The van der Waals surface area contributed by atoms with Crippen LogP contribution in [0.15, 0.2) is 16.8 Å².